The van der Waals surface area contributed by atoms with Crippen molar-refractivity contribution in [3.63, 3.8) is 0 Å². The third-order valence-corrected chi connectivity index (χ3v) is 6.06. The van der Waals surface area contributed by atoms with Crippen LogP contribution in [-0.2, 0) is 13.6 Å². The van der Waals surface area contributed by atoms with Gasteiger partial charge in [-0.2, -0.15) is 0 Å². The number of ether oxygens (including phenoxy) is 1. The standard InChI is InChI=1S/C20H19O4Si/c21-18(15-7-3-1-4-8-15)13-16-11-12-19-20(23-16)14-22-25(24-19)17-9-5-2-6-10-17/h1-12,16,19-20H,13-14H2/t16-,19+,20-/m1/s1. The monoisotopic (exact) mass is 351 g/mol. The molecule has 1 radical (unpaired) electrons. The van der Waals surface area contributed by atoms with Gasteiger partial charge in [-0.15, -0.1) is 0 Å². The Labute approximate surface area is 148 Å². The number of carbonyl (C=O) groups excluding carboxylic acids is 1. The van der Waals surface area contributed by atoms with E-state index in [1.54, 1.807) is 0 Å². The molecule has 0 bridgehead atoms. The minimum Gasteiger partial charge on any atom is -0.387 e. The van der Waals surface area contributed by atoms with Crippen LogP contribution in [0.2, 0.25) is 0 Å². The Balaban J connectivity index is 1.39. The van der Waals surface area contributed by atoms with Crippen molar-refractivity contribution in [3.8, 4) is 0 Å². The number of carbonyl (C=O) groups is 1. The summed E-state index contributed by atoms with van der Waals surface area (Å²) in [5, 5.41) is 1.10. The lowest BCUT2D eigenvalue weighted by Gasteiger charge is -2.38. The molecule has 2 aliphatic heterocycles. The van der Waals surface area contributed by atoms with Crippen LogP contribution in [0, 0.1) is 0 Å². The summed E-state index contributed by atoms with van der Waals surface area (Å²) in [7, 11) is -1.48. The van der Waals surface area contributed by atoms with Crippen LogP contribution in [-0.4, -0.2) is 40.0 Å². The van der Waals surface area contributed by atoms with E-state index in [0.717, 1.165) is 5.19 Å². The van der Waals surface area contributed by atoms with Crippen LogP contribution in [0.1, 0.15) is 16.8 Å². The average Bonchev–Trinajstić information content (AvgIpc) is 2.69. The average molecular weight is 351 g/mol. The fourth-order valence-electron chi connectivity index (χ4n) is 3.04. The molecule has 2 aliphatic rings. The van der Waals surface area contributed by atoms with Crippen molar-refractivity contribution in [2.45, 2.75) is 24.7 Å². The van der Waals surface area contributed by atoms with Gasteiger partial charge in [0.25, 0.3) is 0 Å². The molecule has 2 aromatic carbocycles. The van der Waals surface area contributed by atoms with Crippen LogP contribution < -0.4 is 5.19 Å². The molecule has 127 valence electrons. The molecule has 0 aliphatic carbocycles. The molecule has 4 nitrogen and oxygen atoms in total. The molecule has 1 saturated heterocycles. The smallest absolute Gasteiger partial charge is 0.387 e. The van der Waals surface area contributed by atoms with Crippen molar-refractivity contribution < 1.29 is 18.4 Å². The topological polar surface area (TPSA) is 44.8 Å². The van der Waals surface area contributed by atoms with E-state index in [4.69, 9.17) is 13.6 Å². The molecule has 2 heterocycles. The first-order valence-corrected chi connectivity index (χ1v) is 9.75. The third kappa shape index (κ3) is 3.80. The highest BCUT2D eigenvalue weighted by molar-refractivity contribution is 6.61. The van der Waals surface area contributed by atoms with Crippen LogP contribution in [0.4, 0.5) is 0 Å². The SMILES string of the molecule is O=C(C[C@H]1C=C[C@@H]2O[Si](c3ccccc3)OC[C@H]2O1)c1ccccc1. The molecule has 0 aromatic heterocycles. The Morgan fingerprint density at radius 2 is 1.72 bits per heavy atom. The summed E-state index contributed by atoms with van der Waals surface area (Å²) >= 11 is 0. The summed E-state index contributed by atoms with van der Waals surface area (Å²) in [6, 6.07) is 19.3. The lowest BCUT2D eigenvalue weighted by atomic mass is 10.0. The van der Waals surface area contributed by atoms with Crippen molar-refractivity contribution in [3.05, 3.63) is 78.4 Å². The van der Waals surface area contributed by atoms with Gasteiger partial charge in [0.2, 0.25) is 0 Å². The Hall–Kier alpha value is -2.05. The van der Waals surface area contributed by atoms with Gasteiger partial charge in [0.1, 0.15) is 6.10 Å². The van der Waals surface area contributed by atoms with Gasteiger partial charge in [-0.3, -0.25) is 4.79 Å². The number of ketones is 1. The Kier molecular flexibility index (Phi) is 4.89. The highest BCUT2D eigenvalue weighted by atomic mass is 28.3. The second kappa shape index (κ2) is 7.45. The molecule has 0 saturated carbocycles. The molecule has 3 atom stereocenters. The number of hydrogen-bond acceptors (Lipinski definition) is 4. The van der Waals surface area contributed by atoms with E-state index in [2.05, 4.69) is 0 Å². The highest BCUT2D eigenvalue weighted by Crippen LogP contribution is 2.23. The molecule has 0 N–H and O–H groups in total. The molecule has 4 rings (SSSR count). The molecule has 25 heavy (non-hydrogen) atoms. The van der Waals surface area contributed by atoms with Crippen molar-refractivity contribution in [1.82, 2.24) is 0 Å². The Morgan fingerprint density at radius 3 is 2.48 bits per heavy atom. The van der Waals surface area contributed by atoms with Crippen LogP contribution in [0.3, 0.4) is 0 Å². The summed E-state index contributed by atoms with van der Waals surface area (Å²) < 4.78 is 18.0. The lowest BCUT2D eigenvalue weighted by Crippen LogP contribution is -2.53. The van der Waals surface area contributed by atoms with Gasteiger partial charge in [0, 0.05) is 12.0 Å². The quantitative estimate of drug-likeness (QED) is 0.482. The molecular formula is C20H19O4Si. The zero-order valence-electron chi connectivity index (χ0n) is 13.7. The van der Waals surface area contributed by atoms with E-state index in [0.29, 0.717) is 18.6 Å². The summed E-state index contributed by atoms with van der Waals surface area (Å²) in [6.07, 6.45) is 3.80. The minimum atomic E-state index is -1.48. The fraction of sp³-hybridized carbons (Fsp3) is 0.250. The van der Waals surface area contributed by atoms with Crippen molar-refractivity contribution in [1.29, 1.82) is 0 Å². The maximum absolute atomic E-state index is 12.3. The minimum absolute atomic E-state index is 0.0837. The zero-order chi connectivity index (χ0) is 17.1. The van der Waals surface area contributed by atoms with Gasteiger partial charge >= 0.3 is 9.28 Å². The second-order valence-corrected chi connectivity index (χ2v) is 7.81. The molecule has 5 heteroatoms. The number of hydrogen-bond donors (Lipinski definition) is 0. The van der Waals surface area contributed by atoms with Crippen LogP contribution >= 0.6 is 0 Å². The summed E-state index contributed by atoms with van der Waals surface area (Å²) in [5.74, 6) is 0.0837. The largest absolute Gasteiger partial charge is 0.424 e. The van der Waals surface area contributed by atoms with Gasteiger partial charge in [-0.05, 0) is 5.19 Å². The first-order valence-electron chi connectivity index (χ1n) is 8.43. The molecule has 0 unspecified atom stereocenters. The summed E-state index contributed by atoms with van der Waals surface area (Å²) in [4.78, 5) is 12.3. The van der Waals surface area contributed by atoms with E-state index in [-0.39, 0.29) is 24.1 Å². The highest BCUT2D eigenvalue weighted by Gasteiger charge is 2.38. The van der Waals surface area contributed by atoms with E-state index >= 15 is 0 Å². The van der Waals surface area contributed by atoms with Crippen LogP contribution in [0.15, 0.2) is 72.8 Å². The van der Waals surface area contributed by atoms with Gasteiger partial charge in [0.15, 0.2) is 5.78 Å². The van der Waals surface area contributed by atoms with Gasteiger partial charge in [-0.1, -0.05) is 72.8 Å². The second-order valence-electron chi connectivity index (χ2n) is 6.14. The lowest BCUT2D eigenvalue weighted by molar-refractivity contribution is -0.0973. The zero-order valence-corrected chi connectivity index (χ0v) is 14.7. The number of benzene rings is 2. The summed E-state index contributed by atoms with van der Waals surface area (Å²) in [5.41, 5.74) is 0.715. The van der Waals surface area contributed by atoms with Crippen LogP contribution in [0.25, 0.3) is 0 Å². The van der Waals surface area contributed by atoms with E-state index in [1.165, 1.54) is 0 Å². The van der Waals surface area contributed by atoms with E-state index in [9.17, 15) is 4.79 Å². The van der Waals surface area contributed by atoms with Crippen LogP contribution in [0.5, 0.6) is 0 Å². The molecule has 0 spiro atoms. The van der Waals surface area contributed by atoms with Gasteiger partial charge in [0.05, 0.1) is 18.8 Å². The fourth-order valence-corrected chi connectivity index (χ4v) is 4.66. The normalized spacial score (nSPS) is 26.2. The Morgan fingerprint density at radius 1 is 1.00 bits per heavy atom. The molecule has 2 aromatic rings. The first kappa shape index (κ1) is 16.4. The first-order chi connectivity index (χ1) is 12.3. The van der Waals surface area contributed by atoms with Crippen molar-refractivity contribution in [2.75, 3.05) is 6.61 Å². The van der Waals surface area contributed by atoms with Crippen molar-refractivity contribution in [2.24, 2.45) is 0 Å². The summed E-state index contributed by atoms with van der Waals surface area (Å²) in [6.45, 7) is 0.494. The van der Waals surface area contributed by atoms with Crippen molar-refractivity contribution >= 4 is 20.3 Å². The van der Waals surface area contributed by atoms with Gasteiger partial charge in [-0.25, -0.2) is 0 Å². The predicted molar refractivity (Wildman–Crippen MR) is 95.8 cm³/mol. The molecule has 1 fully saturated rings. The number of fused-ring (bicyclic) bond motifs is 1. The number of rotatable bonds is 4. The maximum Gasteiger partial charge on any atom is 0.424 e. The van der Waals surface area contributed by atoms with Gasteiger partial charge < -0.3 is 13.6 Å². The van der Waals surface area contributed by atoms with E-state index in [1.807, 2.05) is 72.8 Å². The maximum atomic E-state index is 12.3. The molecular weight excluding hydrogens is 332 g/mol. The number of Topliss-reactive ketones (excluding diaryl/α,β-unsaturated/α-hetero) is 1. The van der Waals surface area contributed by atoms with E-state index < -0.39 is 9.28 Å². The Bertz CT molecular complexity index is 747. The third-order valence-electron chi connectivity index (χ3n) is 4.35. The molecule has 0 amide bonds. The predicted octanol–water partition coefficient (Wildman–Crippen LogP) is 2.39.